The fourth-order valence-corrected chi connectivity index (χ4v) is 6.07. The number of hydrogen-bond donors (Lipinski definition) is 0. The van der Waals surface area contributed by atoms with E-state index in [1.807, 2.05) is 0 Å². The summed E-state index contributed by atoms with van der Waals surface area (Å²) in [7, 11) is 0. The molecule has 0 fully saturated rings. The van der Waals surface area contributed by atoms with E-state index in [0.29, 0.717) is 0 Å². The fraction of sp³-hybridized carbons (Fsp3) is 0.302. The van der Waals surface area contributed by atoms with Gasteiger partial charge in [-0.1, -0.05) is 101 Å². The van der Waals surface area contributed by atoms with Gasteiger partial charge in [-0.3, -0.25) is 0 Å². The number of nitrogens with zero attached hydrogens (tertiary/aromatic N) is 2. The quantitative estimate of drug-likeness (QED) is 0.167. The van der Waals surface area contributed by atoms with E-state index in [0.717, 1.165) is 41.3 Å². The molecule has 0 aliphatic rings. The summed E-state index contributed by atoms with van der Waals surface area (Å²) in [6.07, 6.45) is 2.25. The molecule has 5 aromatic carbocycles. The topological polar surface area (TPSA) is 6.48 Å². The van der Waals surface area contributed by atoms with E-state index in [9.17, 15) is 0 Å². The highest BCUT2D eigenvalue weighted by molar-refractivity contribution is 5.83. The van der Waals surface area contributed by atoms with Crippen molar-refractivity contribution in [3.8, 4) is 0 Å². The maximum absolute atomic E-state index is 2.38. The molecule has 0 bridgehead atoms. The second-order valence-electron chi connectivity index (χ2n) is 13.9. The molecule has 2 heteroatoms. The number of hydrogen-bond acceptors (Lipinski definition) is 2. The van der Waals surface area contributed by atoms with Crippen molar-refractivity contribution in [3.63, 3.8) is 0 Å². The van der Waals surface area contributed by atoms with E-state index < -0.39 is 0 Å². The first-order valence-corrected chi connectivity index (χ1v) is 16.5. The highest BCUT2D eigenvalue weighted by atomic mass is 15.2. The monoisotopic (exact) mass is 594 g/mol. The SMILES string of the molecule is CCC(C)(CC)c1ccc(N(c2ccc(C)cc2)c2ccc(N(c3ccc(C)cc3)c3ccc(C(C)(C)C)cc3)c(C)c2)cc1. The van der Waals surface area contributed by atoms with Crippen LogP contribution in [-0.2, 0) is 10.8 Å². The lowest BCUT2D eigenvalue weighted by Gasteiger charge is -2.31. The lowest BCUT2D eigenvalue weighted by molar-refractivity contribution is 0.439. The van der Waals surface area contributed by atoms with Crippen LogP contribution in [0.5, 0.6) is 0 Å². The lowest BCUT2D eigenvalue weighted by atomic mass is 9.78. The molecule has 45 heavy (non-hydrogen) atoms. The fourth-order valence-electron chi connectivity index (χ4n) is 6.07. The maximum atomic E-state index is 2.38. The van der Waals surface area contributed by atoms with Gasteiger partial charge in [0.25, 0.3) is 0 Å². The molecule has 0 saturated heterocycles. The van der Waals surface area contributed by atoms with E-state index >= 15 is 0 Å². The third-order valence-electron chi connectivity index (χ3n) is 9.64. The molecular weight excluding hydrogens is 544 g/mol. The van der Waals surface area contributed by atoms with Crippen molar-refractivity contribution in [2.45, 2.75) is 86.0 Å². The van der Waals surface area contributed by atoms with Crippen LogP contribution in [0.4, 0.5) is 34.1 Å². The Balaban J connectivity index is 1.60. The predicted molar refractivity (Wildman–Crippen MR) is 197 cm³/mol. The number of anilines is 6. The normalized spacial score (nSPS) is 11.8. The zero-order valence-corrected chi connectivity index (χ0v) is 28.8. The average molecular weight is 595 g/mol. The molecule has 2 nitrogen and oxygen atoms in total. The highest BCUT2D eigenvalue weighted by Gasteiger charge is 2.23. The summed E-state index contributed by atoms with van der Waals surface area (Å²) < 4.78 is 0. The van der Waals surface area contributed by atoms with Crippen molar-refractivity contribution < 1.29 is 0 Å². The highest BCUT2D eigenvalue weighted by Crippen LogP contribution is 2.42. The van der Waals surface area contributed by atoms with Crippen LogP contribution >= 0.6 is 0 Å². The van der Waals surface area contributed by atoms with Gasteiger partial charge in [0.15, 0.2) is 0 Å². The summed E-state index contributed by atoms with van der Waals surface area (Å²) in [4.78, 5) is 4.76. The molecule has 0 saturated carbocycles. The first-order chi connectivity index (χ1) is 21.4. The molecule has 0 atom stereocenters. The predicted octanol–water partition coefficient (Wildman–Crippen LogP) is 12.9. The number of aryl methyl sites for hydroxylation is 3. The molecule has 0 spiro atoms. The van der Waals surface area contributed by atoms with Gasteiger partial charge in [-0.2, -0.15) is 0 Å². The summed E-state index contributed by atoms with van der Waals surface area (Å²) in [6, 6.07) is 42.8. The van der Waals surface area contributed by atoms with Crippen LogP contribution in [-0.4, -0.2) is 0 Å². The first-order valence-electron chi connectivity index (χ1n) is 16.5. The molecule has 5 rings (SSSR count). The van der Waals surface area contributed by atoms with Gasteiger partial charge in [0.05, 0.1) is 0 Å². The second-order valence-corrected chi connectivity index (χ2v) is 13.9. The van der Waals surface area contributed by atoms with Gasteiger partial charge < -0.3 is 9.80 Å². The summed E-state index contributed by atoms with van der Waals surface area (Å²) in [5, 5.41) is 0. The van der Waals surface area contributed by atoms with Gasteiger partial charge in [0.1, 0.15) is 0 Å². The molecule has 0 unspecified atom stereocenters. The Kier molecular flexibility index (Phi) is 9.26. The minimum Gasteiger partial charge on any atom is -0.310 e. The molecule has 0 heterocycles. The first kappa shape index (κ1) is 32.1. The van der Waals surface area contributed by atoms with Gasteiger partial charge in [0, 0.05) is 34.1 Å². The molecule has 0 aromatic heterocycles. The van der Waals surface area contributed by atoms with Gasteiger partial charge in [-0.05, 0) is 128 Å². The third-order valence-corrected chi connectivity index (χ3v) is 9.64. The Labute approximate surface area is 272 Å². The van der Waals surface area contributed by atoms with E-state index in [4.69, 9.17) is 0 Å². The molecule has 0 aliphatic heterocycles. The molecule has 0 N–H and O–H groups in total. The van der Waals surface area contributed by atoms with Crippen molar-refractivity contribution >= 4 is 34.1 Å². The minimum atomic E-state index is 0.105. The van der Waals surface area contributed by atoms with Gasteiger partial charge in [-0.15, -0.1) is 0 Å². The van der Waals surface area contributed by atoms with Crippen LogP contribution in [0.2, 0.25) is 0 Å². The third kappa shape index (κ3) is 6.86. The Hall–Kier alpha value is -4.30. The summed E-state index contributed by atoms with van der Waals surface area (Å²) in [6.45, 7) is 20.3. The van der Waals surface area contributed by atoms with Crippen molar-refractivity contribution in [1.82, 2.24) is 0 Å². The minimum absolute atomic E-state index is 0.105. The van der Waals surface area contributed by atoms with Crippen molar-refractivity contribution in [1.29, 1.82) is 0 Å². The standard InChI is InChI=1S/C43H50N2/c1-10-43(9,11-2)35-18-26-37(27-19-35)44(36-20-12-31(3)13-21-36)40-28-29-41(33(5)30-40)45(38-22-14-32(4)15-23-38)39-24-16-34(17-25-39)42(6,7)8/h12-30H,10-11H2,1-9H3. The van der Waals surface area contributed by atoms with Gasteiger partial charge in [0.2, 0.25) is 0 Å². The second kappa shape index (κ2) is 13.0. The number of benzene rings is 5. The van der Waals surface area contributed by atoms with Crippen LogP contribution in [0.3, 0.4) is 0 Å². The molecule has 0 aliphatic carbocycles. The summed E-state index contributed by atoms with van der Waals surface area (Å²) in [5.74, 6) is 0. The van der Waals surface area contributed by atoms with Gasteiger partial charge in [-0.25, -0.2) is 0 Å². The van der Waals surface area contributed by atoms with Crippen molar-refractivity contribution in [2.75, 3.05) is 9.80 Å². The molecule has 0 radical (unpaired) electrons. The van der Waals surface area contributed by atoms with E-state index in [2.05, 4.69) is 187 Å². The Morgan fingerprint density at radius 2 is 0.822 bits per heavy atom. The molecule has 232 valence electrons. The van der Waals surface area contributed by atoms with E-state index in [1.54, 1.807) is 0 Å². The van der Waals surface area contributed by atoms with Crippen LogP contribution in [0.25, 0.3) is 0 Å². The lowest BCUT2D eigenvalue weighted by Crippen LogP contribution is -2.19. The van der Waals surface area contributed by atoms with Crippen LogP contribution in [0, 0.1) is 20.8 Å². The average Bonchev–Trinajstić information content (AvgIpc) is 3.04. The zero-order valence-electron chi connectivity index (χ0n) is 28.8. The van der Waals surface area contributed by atoms with Crippen LogP contribution < -0.4 is 9.80 Å². The Bertz CT molecular complexity index is 1700. The summed E-state index contributed by atoms with van der Waals surface area (Å²) in [5.41, 5.74) is 13.7. The van der Waals surface area contributed by atoms with Crippen molar-refractivity contribution in [3.05, 3.63) is 143 Å². The molecule has 0 amide bonds. The smallest absolute Gasteiger partial charge is 0.0492 e. The largest absolute Gasteiger partial charge is 0.310 e. The molecular formula is C43H50N2. The Morgan fingerprint density at radius 3 is 1.22 bits per heavy atom. The maximum Gasteiger partial charge on any atom is 0.0492 e. The summed E-state index contributed by atoms with van der Waals surface area (Å²) >= 11 is 0. The number of rotatable bonds is 9. The molecule has 5 aromatic rings. The van der Waals surface area contributed by atoms with E-state index in [1.165, 1.54) is 33.5 Å². The Morgan fingerprint density at radius 1 is 0.444 bits per heavy atom. The van der Waals surface area contributed by atoms with Crippen molar-refractivity contribution in [2.24, 2.45) is 0 Å². The van der Waals surface area contributed by atoms with Gasteiger partial charge >= 0.3 is 0 Å². The van der Waals surface area contributed by atoms with E-state index in [-0.39, 0.29) is 10.8 Å². The van der Waals surface area contributed by atoms with Crippen LogP contribution in [0.1, 0.15) is 82.2 Å². The van der Waals surface area contributed by atoms with Crippen LogP contribution in [0.15, 0.2) is 115 Å². The zero-order chi connectivity index (χ0) is 32.4.